The molecule has 3 aromatic rings. The van der Waals surface area contributed by atoms with Crippen molar-refractivity contribution < 1.29 is 8.83 Å². The fourth-order valence-corrected chi connectivity index (χ4v) is 2.64. The molecule has 0 aliphatic carbocycles. The fraction of sp³-hybridized carbons (Fsp3) is 0.125. The molecule has 100 valence electrons. The highest BCUT2D eigenvalue weighted by Crippen LogP contribution is 2.42. The molecule has 0 spiro atoms. The highest BCUT2D eigenvalue weighted by Gasteiger charge is 2.33. The van der Waals surface area contributed by atoms with E-state index in [0.717, 1.165) is 22.9 Å². The van der Waals surface area contributed by atoms with Gasteiger partial charge in [0, 0.05) is 0 Å². The second-order valence-electron chi connectivity index (χ2n) is 4.82. The molecule has 0 bridgehead atoms. The molecule has 1 aliphatic rings. The Morgan fingerprint density at radius 2 is 1.15 bits per heavy atom. The molecule has 4 rings (SSSR count). The third kappa shape index (κ3) is 1.77. The number of hydrogen-bond donors (Lipinski definition) is 2. The van der Waals surface area contributed by atoms with E-state index in [-0.39, 0.29) is 12.1 Å². The first-order valence-electron chi connectivity index (χ1n) is 6.61. The van der Waals surface area contributed by atoms with E-state index in [0.29, 0.717) is 0 Å². The van der Waals surface area contributed by atoms with E-state index in [2.05, 4.69) is 22.8 Å². The molecule has 0 radical (unpaired) electrons. The van der Waals surface area contributed by atoms with Crippen LogP contribution in [0.3, 0.4) is 0 Å². The summed E-state index contributed by atoms with van der Waals surface area (Å²) in [6.07, 6.45) is 3.38. The molecule has 20 heavy (non-hydrogen) atoms. The van der Waals surface area contributed by atoms with Crippen molar-refractivity contribution in [3.05, 3.63) is 72.6 Å². The first-order valence-corrected chi connectivity index (χ1v) is 6.61. The van der Waals surface area contributed by atoms with Crippen molar-refractivity contribution in [2.45, 2.75) is 12.1 Å². The van der Waals surface area contributed by atoms with Crippen LogP contribution in [0.1, 0.15) is 23.6 Å². The Hall–Kier alpha value is -2.62. The van der Waals surface area contributed by atoms with Crippen molar-refractivity contribution >= 4 is 11.4 Å². The van der Waals surface area contributed by atoms with Crippen molar-refractivity contribution in [3.8, 4) is 0 Å². The van der Waals surface area contributed by atoms with E-state index < -0.39 is 0 Å². The maximum atomic E-state index is 5.57. The van der Waals surface area contributed by atoms with E-state index in [1.54, 1.807) is 12.5 Å². The Balaban J connectivity index is 1.79. The third-order valence-electron chi connectivity index (χ3n) is 3.58. The Morgan fingerprint density at radius 1 is 0.650 bits per heavy atom. The minimum atomic E-state index is -0.00829. The predicted molar refractivity (Wildman–Crippen MR) is 76.6 cm³/mol. The van der Waals surface area contributed by atoms with Gasteiger partial charge in [-0.25, -0.2) is 0 Å². The number of furan rings is 2. The van der Waals surface area contributed by atoms with Gasteiger partial charge < -0.3 is 19.5 Å². The summed E-state index contributed by atoms with van der Waals surface area (Å²) in [6, 6.07) is 15.9. The lowest BCUT2D eigenvalue weighted by molar-refractivity contribution is 0.405. The standard InChI is InChI=1S/C16H14N2O2/c1-2-6-12-11(5-1)17-15(13-7-3-9-19-13)16(18-12)14-8-4-10-20-14/h1-10,15-18H. The minimum Gasteiger partial charge on any atom is -0.467 e. The number of rotatable bonds is 2. The summed E-state index contributed by atoms with van der Waals surface area (Å²) < 4.78 is 11.1. The summed E-state index contributed by atoms with van der Waals surface area (Å²) in [6.45, 7) is 0. The SMILES string of the molecule is c1coc(C2Nc3ccccc3NC2c2ccco2)c1. The number of hydrogen-bond acceptors (Lipinski definition) is 4. The molecule has 0 fully saturated rings. The molecule has 4 heteroatoms. The van der Waals surface area contributed by atoms with Crippen LogP contribution < -0.4 is 10.6 Å². The first-order chi connectivity index (χ1) is 9.92. The van der Waals surface area contributed by atoms with Gasteiger partial charge in [-0.1, -0.05) is 12.1 Å². The van der Waals surface area contributed by atoms with E-state index in [9.17, 15) is 0 Å². The normalized spacial score (nSPS) is 20.8. The predicted octanol–water partition coefficient (Wildman–Crippen LogP) is 4.19. The van der Waals surface area contributed by atoms with Gasteiger partial charge in [-0.05, 0) is 36.4 Å². The maximum absolute atomic E-state index is 5.57. The van der Waals surface area contributed by atoms with E-state index >= 15 is 0 Å². The fourth-order valence-electron chi connectivity index (χ4n) is 2.64. The summed E-state index contributed by atoms with van der Waals surface area (Å²) in [5.74, 6) is 1.77. The number of para-hydroxylation sites is 2. The van der Waals surface area contributed by atoms with Gasteiger partial charge in [0.1, 0.15) is 23.6 Å². The number of anilines is 2. The second kappa shape index (κ2) is 4.49. The number of benzene rings is 1. The Kier molecular flexibility index (Phi) is 2.52. The van der Waals surface area contributed by atoms with Gasteiger partial charge in [-0.3, -0.25) is 0 Å². The molecule has 2 atom stereocenters. The van der Waals surface area contributed by atoms with Crippen LogP contribution in [-0.2, 0) is 0 Å². The van der Waals surface area contributed by atoms with Gasteiger partial charge in [-0.15, -0.1) is 0 Å². The smallest absolute Gasteiger partial charge is 0.128 e. The van der Waals surface area contributed by atoms with Crippen LogP contribution in [0.15, 0.2) is 69.9 Å². The zero-order valence-electron chi connectivity index (χ0n) is 10.7. The van der Waals surface area contributed by atoms with Crippen molar-refractivity contribution in [1.82, 2.24) is 0 Å². The molecule has 0 saturated heterocycles. The van der Waals surface area contributed by atoms with Crippen molar-refractivity contribution in [3.63, 3.8) is 0 Å². The summed E-state index contributed by atoms with van der Waals surface area (Å²) in [5, 5.41) is 7.04. The minimum absolute atomic E-state index is 0.00829. The molecule has 4 nitrogen and oxygen atoms in total. The van der Waals surface area contributed by atoms with Gasteiger partial charge in [0.05, 0.1) is 23.9 Å². The van der Waals surface area contributed by atoms with Crippen LogP contribution in [-0.4, -0.2) is 0 Å². The van der Waals surface area contributed by atoms with E-state index in [4.69, 9.17) is 8.83 Å². The Bertz CT molecular complexity index is 628. The number of fused-ring (bicyclic) bond motifs is 1. The van der Waals surface area contributed by atoms with Crippen molar-refractivity contribution in [2.24, 2.45) is 0 Å². The molecule has 2 N–H and O–H groups in total. The topological polar surface area (TPSA) is 50.3 Å². The zero-order chi connectivity index (χ0) is 13.4. The van der Waals surface area contributed by atoms with Crippen molar-refractivity contribution in [1.29, 1.82) is 0 Å². The lowest BCUT2D eigenvalue weighted by Crippen LogP contribution is -2.29. The van der Waals surface area contributed by atoms with E-state index in [1.807, 2.05) is 36.4 Å². The third-order valence-corrected chi connectivity index (χ3v) is 3.58. The van der Waals surface area contributed by atoms with Crippen LogP contribution in [0.5, 0.6) is 0 Å². The van der Waals surface area contributed by atoms with Crippen LogP contribution in [0.4, 0.5) is 11.4 Å². The molecule has 2 aromatic heterocycles. The van der Waals surface area contributed by atoms with Crippen molar-refractivity contribution in [2.75, 3.05) is 10.6 Å². The van der Waals surface area contributed by atoms with Gasteiger partial charge in [0.2, 0.25) is 0 Å². The molecule has 3 heterocycles. The molecular formula is C16H14N2O2. The van der Waals surface area contributed by atoms with Crippen LogP contribution >= 0.6 is 0 Å². The average Bonchev–Trinajstić information content (AvgIpc) is 3.19. The number of nitrogens with one attached hydrogen (secondary N) is 2. The largest absolute Gasteiger partial charge is 0.467 e. The van der Waals surface area contributed by atoms with Gasteiger partial charge in [0.25, 0.3) is 0 Å². The lowest BCUT2D eigenvalue weighted by Gasteiger charge is -2.33. The summed E-state index contributed by atoms with van der Waals surface area (Å²) >= 11 is 0. The molecule has 1 aliphatic heterocycles. The Morgan fingerprint density at radius 3 is 1.55 bits per heavy atom. The zero-order valence-corrected chi connectivity index (χ0v) is 10.7. The monoisotopic (exact) mass is 266 g/mol. The van der Waals surface area contributed by atoms with Gasteiger partial charge in [0.15, 0.2) is 0 Å². The lowest BCUT2D eigenvalue weighted by atomic mass is 9.99. The highest BCUT2D eigenvalue weighted by molar-refractivity contribution is 5.72. The maximum Gasteiger partial charge on any atom is 0.128 e. The molecule has 1 aromatic carbocycles. The molecular weight excluding hydrogens is 252 g/mol. The van der Waals surface area contributed by atoms with Gasteiger partial charge in [-0.2, -0.15) is 0 Å². The quantitative estimate of drug-likeness (QED) is 0.730. The second-order valence-corrected chi connectivity index (χ2v) is 4.82. The molecule has 0 amide bonds. The summed E-state index contributed by atoms with van der Waals surface area (Å²) in [4.78, 5) is 0. The first kappa shape index (κ1) is 11.2. The van der Waals surface area contributed by atoms with Crippen LogP contribution in [0.2, 0.25) is 0 Å². The average molecular weight is 266 g/mol. The van der Waals surface area contributed by atoms with E-state index in [1.165, 1.54) is 0 Å². The van der Waals surface area contributed by atoms with Crippen LogP contribution in [0.25, 0.3) is 0 Å². The summed E-state index contributed by atoms with van der Waals surface area (Å²) in [7, 11) is 0. The highest BCUT2D eigenvalue weighted by atomic mass is 16.3. The molecule has 2 unspecified atom stereocenters. The van der Waals surface area contributed by atoms with Gasteiger partial charge >= 0.3 is 0 Å². The Labute approximate surface area is 116 Å². The molecule has 0 saturated carbocycles. The summed E-state index contributed by atoms with van der Waals surface area (Å²) in [5.41, 5.74) is 2.13. The van der Waals surface area contributed by atoms with Crippen LogP contribution in [0, 0.1) is 0 Å².